The zero-order valence-electron chi connectivity index (χ0n) is 13.7. The van der Waals surface area contributed by atoms with Crippen LogP contribution >= 0.6 is 0 Å². The van der Waals surface area contributed by atoms with Crippen molar-refractivity contribution in [3.8, 4) is 0 Å². The van der Waals surface area contributed by atoms with E-state index < -0.39 is 0 Å². The van der Waals surface area contributed by atoms with Gasteiger partial charge in [-0.1, -0.05) is 26.0 Å². The van der Waals surface area contributed by atoms with Crippen molar-refractivity contribution in [3.05, 3.63) is 47.2 Å². The van der Waals surface area contributed by atoms with Crippen molar-refractivity contribution in [1.82, 2.24) is 4.98 Å². The molecule has 2 aromatic rings. The zero-order valence-corrected chi connectivity index (χ0v) is 13.7. The number of nitrogens with zero attached hydrogens (tertiary/aromatic N) is 2. The quantitative estimate of drug-likeness (QED) is 0.651. The molecule has 3 N–H and O–H groups in total. The lowest BCUT2D eigenvalue weighted by Crippen LogP contribution is -2.22. The lowest BCUT2D eigenvalue weighted by molar-refractivity contribution is 0.473. The fourth-order valence-corrected chi connectivity index (χ4v) is 2.08. The van der Waals surface area contributed by atoms with E-state index in [9.17, 15) is 0 Å². The van der Waals surface area contributed by atoms with Gasteiger partial charge in [-0.15, -0.1) is 0 Å². The van der Waals surface area contributed by atoms with Crippen LogP contribution in [0.3, 0.4) is 0 Å². The lowest BCUT2D eigenvalue weighted by atomic mass is 9.99. The minimum Gasteiger partial charge on any atom is -0.444 e. The number of rotatable bonds is 5. The minimum absolute atomic E-state index is 0.332. The zero-order chi connectivity index (χ0) is 16.1. The summed E-state index contributed by atoms with van der Waals surface area (Å²) in [5.74, 6) is 2.31. The molecule has 1 aromatic heterocycles. The van der Waals surface area contributed by atoms with Crippen LogP contribution in [-0.4, -0.2) is 10.9 Å². The van der Waals surface area contributed by atoms with Gasteiger partial charge in [0.1, 0.15) is 12.3 Å². The SMILES string of the molecule is CCC(C)c1ccc(NC(N)=NCc2nc(C)c(C)o2)cc1. The summed E-state index contributed by atoms with van der Waals surface area (Å²) in [6.07, 6.45) is 1.13. The molecule has 1 aromatic carbocycles. The molecule has 5 nitrogen and oxygen atoms in total. The number of hydrogen-bond acceptors (Lipinski definition) is 3. The first-order chi connectivity index (χ1) is 10.5. The number of aliphatic imine (C=N–C) groups is 1. The highest BCUT2D eigenvalue weighted by Gasteiger charge is 2.05. The van der Waals surface area contributed by atoms with Crippen molar-refractivity contribution in [2.75, 3.05) is 5.32 Å². The maximum atomic E-state index is 5.89. The number of aromatic nitrogens is 1. The van der Waals surface area contributed by atoms with Crippen LogP contribution in [0.2, 0.25) is 0 Å². The van der Waals surface area contributed by atoms with Gasteiger partial charge in [0.05, 0.1) is 5.69 Å². The Morgan fingerprint density at radius 3 is 2.55 bits per heavy atom. The Morgan fingerprint density at radius 1 is 1.32 bits per heavy atom. The van der Waals surface area contributed by atoms with E-state index in [4.69, 9.17) is 10.2 Å². The number of hydrogen-bond donors (Lipinski definition) is 2. The maximum absolute atomic E-state index is 5.89. The van der Waals surface area contributed by atoms with E-state index in [2.05, 4.69) is 41.3 Å². The van der Waals surface area contributed by atoms with Crippen LogP contribution in [-0.2, 0) is 6.54 Å². The van der Waals surface area contributed by atoms with Gasteiger partial charge in [0.15, 0.2) is 5.96 Å². The lowest BCUT2D eigenvalue weighted by Gasteiger charge is -2.10. The summed E-state index contributed by atoms with van der Waals surface area (Å²) >= 11 is 0. The van der Waals surface area contributed by atoms with E-state index in [1.807, 2.05) is 26.0 Å². The number of nitrogens with two attached hydrogens (primary N) is 1. The van der Waals surface area contributed by atoms with Gasteiger partial charge in [0.2, 0.25) is 5.89 Å². The van der Waals surface area contributed by atoms with Crippen LogP contribution in [0.25, 0.3) is 0 Å². The topological polar surface area (TPSA) is 76.4 Å². The summed E-state index contributed by atoms with van der Waals surface area (Å²) in [6.45, 7) is 8.53. The van der Waals surface area contributed by atoms with Gasteiger partial charge >= 0.3 is 0 Å². The smallest absolute Gasteiger partial charge is 0.216 e. The maximum Gasteiger partial charge on any atom is 0.216 e. The van der Waals surface area contributed by atoms with Gasteiger partial charge in [0, 0.05) is 5.69 Å². The molecule has 0 fully saturated rings. The Morgan fingerprint density at radius 2 is 2.00 bits per heavy atom. The number of aryl methyl sites for hydroxylation is 2. The Bertz CT molecular complexity index is 624. The first kappa shape index (κ1) is 16.1. The van der Waals surface area contributed by atoms with Crippen LogP contribution in [0.5, 0.6) is 0 Å². The number of guanidine groups is 1. The van der Waals surface area contributed by atoms with Crippen molar-refractivity contribution in [3.63, 3.8) is 0 Å². The molecule has 0 aliphatic carbocycles. The van der Waals surface area contributed by atoms with Crippen molar-refractivity contribution in [2.45, 2.75) is 46.6 Å². The molecule has 118 valence electrons. The number of oxazole rings is 1. The fraction of sp³-hybridized carbons (Fsp3) is 0.412. The molecule has 1 heterocycles. The highest BCUT2D eigenvalue weighted by atomic mass is 16.4. The van der Waals surface area contributed by atoms with E-state index in [1.54, 1.807) is 0 Å². The molecule has 0 saturated heterocycles. The Labute approximate surface area is 131 Å². The number of anilines is 1. The van der Waals surface area contributed by atoms with Crippen molar-refractivity contribution in [2.24, 2.45) is 10.7 Å². The molecule has 1 unspecified atom stereocenters. The third-order valence-corrected chi connectivity index (χ3v) is 3.82. The normalized spacial score (nSPS) is 13.2. The second kappa shape index (κ2) is 7.11. The third kappa shape index (κ3) is 4.10. The molecule has 0 saturated carbocycles. The second-order valence-corrected chi connectivity index (χ2v) is 5.51. The average Bonchev–Trinajstić information content (AvgIpc) is 2.84. The molecule has 0 aliphatic rings. The number of benzene rings is 1. The van der Waals surface area contributed by atoms with Crippen molar-refractivity contribution >= 4 is 11.6 Å². The standard InChI is InChI=1S/C17H24N4O/c1-5-11(2)14-6-8-15(9-7-14)21-17(18)19-10-16-20-12(3)13(4)22-16/h6-9,11H,5,10H2,1-4H3,(H3,18,19,21). The van der Waals surface area contributed by atoms with Crippen LogP contribution in [0.1, 0.15) is 49.1 Å². The van der Waals surface area contributed by atoms with Crippen molar-refractivity contribution in [1.29, 1.82) is 0 Å². The predicted molar refractivity (Wildman–Crippen MR) is 90.1 cm³/mol. The predicted octanol–water partition coefficient (Wildman–Crippen LogP) is 3.73. The molecule has 0 amide bonds. The van der Waals surface area contributed by atoms with Crippen LogP contribution in [0, 0.1) is 13.8 Å². The second-order valence-electron chi connectivity index (χ2n) is 5.51. The van der Waals surface area contributed by atoms with E-state index >= 15 is 0 Å². The molecule has 5 heteroatoms. The Balaban J connectivity index is 1.96. The average molecular weight is 300 g/mol. The summed E-state index contributed by atoms with van der Waals surface area (Å²) in [5, 5.41) is 3.08. The van der Waals surface area contributed by atoms with Gasteiger partial charge in [-0.05, 0) is 43.9 Å². The summed E-state index contributed by atoms with van der Waals surface area (Å²) in [7, 11) is 0. The molecular formula is C17H24N4O. The van der Waals surface area contributed by atoms with Crippen LogP contribution in [0.4, 0.5) is 5.69 Å². The number of nitrogens with one attached hydrogen (secondary N) is 1. The molecule has 0 radical (unpaired) electrons. The van der Waals surface area contributed by atoms with Gasteiger partial charge < -0.3 is 15.5 Å². The molecule has 0 bridgehead atoms. The van der Waals surface area contributed by atoms with E-state index in [1.165, 1.54) is 5.56 Å². The molecule has 0 spiro atoms. The largest absolute Gasteiger partial charge is 0.444 e. The van der Waals surface area contributed by atoms with Gasteiger partial charge in [0.25, 0.3) is 0 Å². The summed E-state index contributed by atoms with van der Waals surface area (Å²) in [6, 6.07) is 8.27. The Kier molecular flexibility index (Phi) is 5.20. The van der Waals surface area contributed by atoms with Crippen LogP contribution in [0.15, 0.2) is 33.7 Å². The van der Waals surface area contributed by atoms with Crippen molar-refractivity contribution < 1.29 is 4.42 Å². The molecule has 1 atom stereocenters. The van der Waals surface area contributed by atoms with Gasteiger partial charge in [-0.2, -0.15) is 0 Å². The fourth-order valence-electron chi connectivity index (χ4n) is 2.08. The first-order valence-electron chi connectivity index (χ1n) is 7.59. The summed E-state index contributed by atoms with van der Waals surface area (Å²) < 4.78 is 5.47. The van der Waals surface area contributed by atoms with Gasteiger partial charge in [-0.3, -0.25) is 0 Å². The highest BCUT2D eigenvalue weighted by Crippen LogP contribution is 2.20. The molecule has 2 rings (SSSR count). The third-order valence-electron chi connectivity index (χ3n) is 3.82. The highest BCUT2D eigenvalue weighted by molar-refractivity contribution is 5.92. The molecule has 0 aliphatic heterocycles. The van der Waals surface area contributed by atoms with Crippen LogP contribution < -0.4 is 11.1 Å². The van der Waals surface area contributed by atoms with E-state index in [0.717, 1.165) is 23.6 Å². The minimum atomic E-state index is 0.332. The summed E-state index contributed by atoms with van der Waals surface area (Å²) in [5.41, 5.74) is 9.03. The Hall–Kier alpha value is -2.30. The summed E-state index contributed by atoms with van der Waals surface area (Å²) in [4.78, 5) is 8.52. The monoisotopic (exact) mass is 300 g/mol. The van der Waals surface area contributed by atoms with Gasteiger partial charge in [-0.25, -0.2) is 9.98 Å². The van der Waals surface area contributed by atoms with E-state index in [-0.39, 0.29) is 0 Å². The molecular weight excluding hydrogens is 276 g/mol. The first-order valence-corrected chi connectivity index (χ1v) is 7.59. The molecule has 22 heavy (non-hydrogen) atoms. The van der Waals surface area contributed by atoms with E-state index in [0.29, 0.717) is 24.3 Å².